The van der Waals surface area contributed by atoms with Crippen LogP contribution in [-0.4, -0.2) is 38.4 Å². The van der Waals surface area contributed by atoms with Crippen molar-refractivity contribution in [2.75, 3.05) is 26.3 Å². The molecule has 1 saturated heterocycles. The highest BCUT2D eigenvalue weighted by atomic mass is 16.5. The molecular weight excluding hydrogens is 182 g/mol. The molecule has 1 N–H and O–H groups in total. The quantitative estimate of drug-likeness (QED) is 0.662. The molecule has 4 heteroatoms. The van der Waals surface area contributed by atoms with Crippen LogP contribution in [0.3, 0.4) is 0 Å². The molecule has 0 aromatic carbocycles. The average molecular weight is 199 g/mol. The van der Waals surface area contributed by atoms with Crippen molar-refractivity contribution < 1.29 is 14.3 Å². The molecule has 0 spiro atoms. The largest absolute Gasteiger partial charge is 0.465 e. The van der Waals surface area contributed by atoms with E-state index in [1.807, 2.05) is 0 Å². The summed E-state index contributed by atoms with van der Waals surface area (Å²) in [6, 6.07) is 0. The summed E-state index contributed by atoms with van der Waals surface area (Å²) in [5, 5.41) is 3.18. The third-order valence-electron chi connectivity index (χ3n) is 2.58. The van der Waals surface area contributed by atoms with Gasteiger partial charge in [0.15, 0.2) is 0 Å². The number of carbonyl (C=O) groups is 1. The van der Waals surface area contributed by atoms with Crippen LogP contribution in [-0.2, 0) is 14.3 Å². The first-order valence-electron chi connectivity index (χ1n) is 5.32. The molecule has 1 atom stereocenters. The summed E-state index contributed by atoms with van der Waals surface area (Å²) >= 11 is 0. The van der Waals surface area contributed by atoms with Gasteiger partial charge in [0.05, 0.1) is 25.7 Å². The van der Waals surface area contributed by atoms with E-state index in [0.29, 0.717) is 25.6 Å². The molecule has 0 aromatic rings. The molecule has 0 bridgehead atoms. The SMILES string of the molecule is O=C(CC1CNCCO1)OCC1CC1. The fraction of sp³-hybridized carbons (Fsp3) is 0.900. The van der Waals surface area contributed by atoms with Gasteiger partial charge >= 0.3 is 5.97 Å². The van der Waals surface area contributed by atoms with Crippen LogP contribution in [0.1, 0.15) is 19.3 Å². The van der Waals surface area contributed by atoms with Crippen LogP contribution >= 0.6 is 0 Å². The third kappa shape index (κ3) is 3.27. The van der Waals surface area contributed by atoms with Gasteiger partial charge in [0.1, 0.15) is 0 Å². The van der Waals surface area contributed by atoms with Crippen molar-refractivity contribution >= 4 is 5.97 Å². The first kappa shape index (κ1) is 9.93. The first-order valence-corrected chi connectivity index (χ1v) is 5.32. The molecular formula is C10H17NO3. The summed E-state index contributed by atoms with van der Waals surface area (Å²) in [7, 11) is 0. The Kier molecular flexibility index (Phi) is 3.37. The molecule has 1 heterocycles. The number of esters is 1. The molecule has 80 valence electrons. The van der Waals surface area contributed by atoms with Crippen LogP contribution in [0.2, 0.25) is 0 Å². The van der Waals surface area contributed by atoms with Gasteiger partial charge in [-0.3, -0.25) is 4.79 Å². The zero-order chi connectivity index (χ0) is 9.80. The van der Waals surface area contributed by atoms with Crippen LogP contribution in [0.4, 0.5) is 0 Å². The van der Waals surface area contributed by atoms with Crippen LogP contribution in [0, 0.1) is 5.92 Å². The van der Waals surface area contributed by atoms with Gasteiger partial charge in [-0.2, -0.15) is 0 Å². The number of nitrogens with one attached hydrogen (secondary N) is 1. The second-order valence-electron chi connectivity index (χ2n) is 4.03. The minimum atomic E-state index is -0.120. The lowest BCUT2D eigenvalue weighted by Crippen LogP contribution is -2.39. The average Bonchev–Trinajstić information content (AvgIpc) is 3.00. The van der Waals surface area contributed by atoms with Gasteiger partial charge in [-0.1, -0.05) is 0 Å². The summed E-state index contributed by atoms with van der Waals surface area (Å²) in [4.78, 5) is 11.3. The molecule has 14 heavy (non-hydrogen) atoms. The maximum atomic E-state index is 11.3. The Balaban J connectivity index is 1.59. The van der Waals surface area contributed by atoms with E-state index in [1.165, 1.54) is 12.8 Å². The van der Waals surface area contributed by atoms with Gasteiger partial charge in [0.2, 0.25) is 0 Å². The van der Waals surface area contributed by atoms with Crippen molar-refractivity contribution in [3.63, 3.8) is 0 Å². The highest BCUT2D eigenvalue weighted by Crippen LogP contribution is 2.28. The molecule has 4 nitrogen and oxygen atoms in total. The number of hydrogen-bond acceptors (Lipinski definition) is 4. The second kappa shape index (κ2) is 4.75. The van der Waals surface area contributed by atoms with E-state index in [4.69, 9.17) is 9.47 Å². The van der Waals surface area contributed by atoms with E-state index < -0.39 is 0 Å². The Hall–Kier alpha value is -0.610. The Morgan fingerprint density at radius 2 is 2.36 bits per heavy atom. The zero-order valence-electron chi connectivity index (χ0n) is 8.33. The number of hydrogen-bond donors (Lipinski definition) is 1. The Bertz CT molecular complexity index is 198. The molecule has 0 aromatic heterocycles. The molecule has 1 saturated carbocycles. The second-order valence-corrected chi connectivity index (χ2v) is 4.03. The summed E-state index contributed by atoms with van der Waals surface area (Å²) < 4.78 is 10.5. The molecule has 2 rings (SSSR count). The summed E-state index contributed by atoms with van der Waals surface area (Å²) in [6.45, 7) is 2.95. The molecule has 1 unspecified atom stereocenters. The lowest BCUT2D eigenvalue weighted by Gasteiger charge is -2.22. The van der Waals surface area contributed by atoms with Gasteiger partial charge in [-0.05, 0) is 18.8 Å². The summed E-state index contributed by atoms with van der Waals surface area (Å²) in [5.41, 5.74) is 0. The Morgan fingerprint density at radius 3 is 3.00 bits per heavy atom. The molecule has 0 radical (unpaired) electrons. The number of morpholine rings is 1. The fourth-order valence-corrected chi connectivity index (χ4v) is 1.49. The van der Waals surface area contributed by atoms with Crippen LogP contribution < -0.4 is 5.32 Å². The number of carbonyl (C=O) groups excluding carboxylic acids is 1. The minimum Gasteiger partial charge on any atom is -0.465 e. The number of ether oxygens (including phenoxy) is 2. The van der Waals surface area contributed by atoms with Crippen molar-refractivity contribution in [1.29, 1.82) is 0 Å². The molecule has 1 aliphatic carbocycles. The van der Waals surface area contributed by atoms with Gasteiger partial charge in [-0.15, -0.1) is 0 Å². The van der Waals surface area contributed by atoms with E-state index >= 15 is 0 Å². The topological polar surface area (TPSA) is 47.6 Å². The number of rotatable bonds is 4. The summed E-state index contributed by atoms with van der Waals surface area (Å²) in [6.07, 6.45) is 2.83. The first-order chi connectivity index (χ1) is 6.84. The predicted molar refractivity (Wildman–Crippen MR) is 50.9 cm³/mol. The highest BCUT2D eigenvalue weighted by Gasteiger charge is 2.24. The van der Waals surface area contributed by atoms with Crippen molar-refractivity contribution in [1.82, 2.24) is 5.32 Å². The molecule has 2 aliphatic rings. The maximum absolute atomic E-state index is 11.3. The van der Waals surface area contributed by atoms with Crippen LogP contribution in [0.25, 0.3) is 0 Å². The Morgan fingerprint density at radius 1 is 1.50 bits per heavy atom. The van der Waals surface area contributed by atoms with Gasteiger partial charge < -0.3 is 14.8 Å². The van der Waals surface area contributed by atoms with Gasteiger partial charge in [0.25, 0.3) is 0 Å². The van der Waals surface area contributed by atoms with Crippen molar-refractivity contribution in [3.05, 3.63) is 0 Å². The molecule has 0 amide bonds. The highest BCUT2D eigenvalue weighted by molar-refractivity contribution is 5.70. The van der Waals surface area contributed by atoms with Gasteiger partial charge in [-0.25, -0.2) is 0 Å². The van der Waals surface area contributed by atoms with E-state index in [-0.39, 0.29) is 12.1 Å². The monoisotopic (exact) mass is 199 g/mol. The van der Waals surface area contributed by atoms with Crippen LogP contribution in [0.5, 0.6) is 0 Å². The van der Waals surface area contributed by atoms with E-state index in [9.17, 15) is 4.79 Å². The molecule has 1 aliphatic heterocycles. The predicted octanol–water partition coefficient (Wildman–Crippen LogP) is 0.318. The lowest BCUT2D eigenvalue weighted by molar-refractivity contribution is -0.147. The smallest absolute Gasteiger partial charge is 0.308 e. The van der Waals surface area contributed by atoms with Crippen molar-refractivity contribution in [2.45, 2.75) is 25.4 Å². The van der Waals surface area contributed by atoms with Gasteiger partial charge in [0, 0.05) is 13.1 Å². The van der Waals surface area contributed by atoms with E-state index in [2.05, 4.69) is 5.32 Å². The lowest BCUT2D eigenvalue weighted by atomic mass is 10.2. The molecule has 2 fully saturated rings. The zero-order valence-corrected chi connectivity index (χ0v) is 8.33. The van der Waals surface area contributed by atoms with Crippen molar-refractivity contribution in [2.24, 2.45) is 5.92 Å². The van der Waals surface area contributed by atoms with Crippen LogP contribution in [0.15, 0.2) is 0 Å². The fourth-order valence-electron chi connectivity index (χ4n) is 1.49. The standard InChI is InChI=1S/C10H17NO3/c12-10(14-7-8-1-2-8)5-9-6-11-3-4-13-9/h8-9,11H,1-7H2. The maximum Gasteiger partial charge on any atom is 0.308 e. The third-order valence-corrected chi connectivity index (χ3v) is 2.58. The minimum absolute atomic E-state index is 0.00968. The Labute approximate surface area is 84.0 Å². The normalized spacial score (nSPS) is 27.3. The van der Waals surface area contributed by atoms with Crippen molar-refractivity contribution in [3.8, 4) is 0 Å². The van der Waals surface area contributed by atoms with E-state index in [1.54, 1.807) is 0 Å². The summed E-state index contributed by atoms with van der Waals surface area (Å²) in [5.74, 6) is 0.523. The van der Waals surface area contributed by atoms with E-state index in [0.717, 1.165) is 13.1 Å².